The number of pyridine rings is 1. The summed E-state index contributed by atoms with van der Waals surface area (Å²) in [7, 11) is -1.99. The third-order valence-electron chi connectivity index (χ3n) is 7.70. The van der Waals surface area contributed by atoms with E-state index in [1.807, 2.05) is 6.07 Å². The van der Waals surface area contributed by atoms with E-state index in [0.29, 0.717) is 31.6 Å². The molecule has 194 valence electrons. The Kier molecular flexibility index (Phi) is 7.51. The van der Waals surface area contributed by atoms with Gasteiger partial charge in [0.1, 0.15) is 29.3 Å². The van der Waals surface area contributed by atoms with E-state index in [-0.39, 0.29) is 34.3 Å². The summed E-state index contributed by atoms with van der Waals surface area (Å²) in [5.74, 6) is -1.31. The summed E-state index contributed by atoms with van der Waals surface area (Å²) in [6, 6.07) is 5.98. The van der Waals surface area contributed by atoms with Crippen molar-refractivity contribution in [3.63, 3.8) is 0 Å². The van der Waals surface area contributed by atoms with Crippen molar-refractivity contribution in [3.05, 3.63) is 70.8 Å². The van der Waals surface area contributed by atoms with E-state index in [9.17, 15) is 8.78 Å². The van der Waals surface area contributed by atoms with Gasteiger partial charge < -0.3 is 14.5 Å². The van der Waals surface area contributed by atoms with E-state index >= 15 is 4.39 Å². The molecule has 4 nitrogen and oxygen atoms in total. The van der Waals surface area contributed by atoms with Crippen molar-refractivity contribution < 1.29 is 22.3 Å². The predicted octanol–water partition coefficient (Wildman–Crippen LogP) is 7.18. The van der Waals surface area contributed by atoms with Crippen molar-refractivity contribution in [1.29, 1.82) is 0 Å². The van der Waals surface area contributed by atoms with Crippen LogP contribution in [-0.2, 0) is 17.6 Å². The van der Waals surface area contributed by atoms with Gasteiger partial charge >= 0.3 is 0 Å². The highest BCUT2D eigenvalue weighted by Gasteiger charge is 2.37. The summed E-state index contributed by atoms with van der Waals surface area (Å²) in [5, 5.41) is 5.18. The largest absolute Gasteiger partial charge is 0.490 e. The Morgan fingerprint density at radius 2 is 1.69 bits per heavy atom. The maximum Gasteiger partial charge on any atom is 0.192 e. The number of nitrogens with zero attached hydrogens (tertiary/aromatic N) is 1. The third-order valence-corrected chi connectivity index (χ3v) is 12.2. The first-order valence-electron chi connectivity index (χ1n) is 12.4. The number of rotatable bonds is 8. The molecule has 1 aromatic heterocycles. The van der Waals surface area contributed by atoms with Gasteiger partial charge in [-0.05, 0) is 61.0 Å². The highest BCUT2D eigenvalue weighted by molar-refractivity contribution is 6.74. The minimum Gasteiger partial charge on any atom is -0.490 e. The summed E-state index contributed by atoms with van der Waals surface area (Å²) in [6.07, 6.45) is 4.67. The number of halogens is 3. The van der Waals surface area contributed by atoms with Gasteiger partial charge in [0.2, 0.25) is 0 Å². The van der Waals surface area contributed by atoms with Crippen molar-refractivity contribution in [2.24, 2.45) is 0 Å². The molecule has 1 N–H and O–H groups in total. The van der Waals surface area contributed by atoms with Crippen molar-refractivity contribution in [1.82, 2.24) is 10.3 Å². The fourth-order valence-corrected chi connectivity index (χ4v) is 5.04. The topological polar surface area (TPSA) is 43.4 Å². The van der Waals surface area contributed by atoms with Gasteiger partial charge in [-0.3, -0.25) is 4.98 Å². The van der Waals surface area contributed by atoms with E-state index in [4.69, 9.17) is 9.16 Å². The summed E-state index contributed by atoms with van der Waals surface area (Å²) in [6.45, 7) is 13.0. The van der Waals surface area contributed by atoms with Crippen LogP contribution in [0.1, 0.15) is 50.3 Å². The molecule has 0 atom stereocenters. The number of aromatic nitrogens is 1. The van der Waals surface area contributed by atoms with Crippen molar-refractivity contribution in [2.75, 3.05) is 0 Å². The Morgan fingerprint density at radius 3 is 2.33 bits per heavy atom. The number of hydrogen-bond acceptors (Lipinski definition) is 4. The van der Waals surface area contributed by atoms with E-state index in [1.165, 1.54) is 19.1 Å². The number of fused-ring (bicyclic) bond motifs is 1. The minimum absolute atomic E-state index is 0.0162. The van der Waals surface area contributed by atoms with Crippen LogP contribution in [0.5, 0.6) is 5.75 Å². The molecular weight excluding hydrogens is 481 g/mol. The van der Waals surface area contributed by atoms with Gasteiger partial charge in [0.05, 0.1) is 6.61 Å². The van der Waals surface area contributed by atoms with Crippen LogP contribution in [0.25, 0.3) is 10.8 Å². The zero-order valence-electron chi connectivity index (χ0n) is 21.8. The number of nitrogens with one attached hydrogen (secondary N) is 1. The van der Waals surface area contributed by atoms with Gasteiger partial charge in [0, 0.05) is 53.6 Å². The van der Waals surface area contributed by atoms with Crippen LogP contribution in [0.2, 0.25) is 18.1 Å². The molecule has 36 heavy (non-hydrogen) atoms. The van der Waals surface area contributed by atoms with Crippen molar-refractivity contribution in [3.8, 4) is 5.75 Å². The molecule has 1 heterocycles. The van der Waals surface area contributed by atoms with Crippen LogP contribution in [-0.4, -0.2) is 25.4 Å². The molecule has 1 aliphatic carbocycles. The Morgan fingerprint density at radius 1 is 1.03 bits per heavy atom. The van der Waals surface area contributed by atoms with Crippen molar-refractivity contribution in [2.45, 2.75) is 84.0 Å². The maximum atomic E-state index is 15.3. The fourth-order valence-electron chi connectivity index (χ4n) is 4.09. The normalized spacial score (nSPS) is 18.4. The number of hydrogen-bond donors (Lipinski definition) is 1. The van der Waals surface area contributed by atoms with Crippen LogP contribution in [0, 0.1) is 24.4 Å². The first kappa shape index (κ1) is 26.6. The van der Waals surface area contributed by atoms with Crippen LogP contribution >= 0.6 is 0 Å². The molecule has 2 aromatic carbocycles. The quantitative estimate of drug-likeness (QED) is 0.322. The van der Waals surface area contributed by atoms with Crippen molar-refractivity contribution >= 4 is 19.1 Å². The average molecular weight is 517 g/mol. The molecule has 0 aliphatic heterocycles. The molecule has 0 saturated heterocycles. The van der Waals surface area contributed by atoms with E-state index in [2.05, 4.69) is 44.2 Å². The zero-order valence-corrected chi connectivity index (χ0v) is 22.8. The second-order valence-electron chi connectivity index (χ2n) is 11.3. The standard InChI is InChI=1S/C28H35F3N2O2Si/c1-17-25(29)12-21(13-26(17)30)35-20-10-19(11-20)33-15-24-22-7-8-32-14-23(22)18(9-27(24)31)16-34-36(5,6)28(2,3)4/h7-9,12-14,19-20,33H,10-11,15-16H2,1-6H3. The molecule has 8 heteroatoms. The molecule has 0 bridgehead atoms. The molecule has 0 spiro atoms. The molecule has 0 unspecified atom stereocenters. The molecular formula is C28H35F3N2O2Si. The maximum absolute atomic E-state index is 15.3. The summed E-state index contributed by atoms with van der Waals surface area (Å²) in [4.78, 5) is 4.27. The third kappa shape index (κ3) is 5.60. The second kappa shape index (κ2) is 10.1. The second-order valence-corrected chi connectivity index (χ2v) is 16.1. The summed E-state index contributed by atoms with van der Waals surface area (Å²) in [5.41, 5.74) is 1.38. The minimum atomic E-state index is -1.99. The first-order valence-corrected chi connectivity index (χ1v) is 15.3. The zero-order chi connectivity index (χ0) is 26.3. The van der Waals surface area contributed by atoms with E-state index in [0.717, 1.165) is 16.3 Å². The molecule has 1 fully saturated rings. The molecule has 0 radical (unpaired) electrons. The highest BCUT2D eigenvalue weighted by Crippen LogP contribution is 2.38. The van der Waals surface area contributed by atoms with Gasteiger partial charge in [-0.2, -0.15) is 0 Å². The lowest BCUT2D eigenvalue weighted by Crippen LogP contribution is -2.46. The molecule has 0 amide bonds. The molecule has 3 aromatic rings. The first-order chi connectivity index (χ1) is 16.9. The number of benzene rings is 2. The van der Waals surface area contributed by atoms with Gasteiger partial charge in [0.25, 0.3) is 0 Å². The Hall–Kier alpha value is -2.42. The van der Waals surface area contributed by atoms with Gasteiger partial charge in [-0.15, -0.1) is 0 Å². The van der Waals surface area contributed by atoms with Crippen LogP contribution < -0.4 is 10.1 Å². The molecule has 1 aliphatic rings. The van der Waals surface area contributed by atoms with Gasteiger partial charge in [-0.25, -0.2) is 13.2 Å². The predicted molar refractivity (Wildman–Crippen MR) is 139 cm³/mol. The monoisotopic (exact) mass is 516 g/mol. The lowest BCUT2D eigenvalue weighted by molar-refractivity contribution is 0.0836. The highest BCUT2D eigenvalue weighted by atomic mass is 28.4. The Bertz CT molecular complexity index is 1230. The molecule has 1 saturated carbocycles. The smallest absolute Gasteiger partial charge is 0.192 e. The number of ether oxygens (including phenoxy) is 1. The summed E-state index contributed by atoms with van der Waals surface area (Å²) < 4.78 is 54.9. The Balaban J connectivity index is 1.40. The molecule has 4 rings (SSSR count). The van der Waals surface area contributed by atoms with Gasteiger partial charge in [-0.1, -0.05) is 20.8 Å². The Labute approximate surface area is 212 Å². The van der Waals surface area contributed by atoms with Gasteiger partial charge in [0.15, 0.2) is 8.32 Å². The average Bonchev–Trinajstić information content (AvgIpc) is 2.77. The van der Waals surface area contributed by atoms with E-state index in [1.54, 1.807) is 18.5 Å². The van der Waals surface area contributed by atoms with E-state index < -0.39 is 20.0 Å². The SMILES string of the molecule is Cc1c(F)cc(OC2CC(NCc3c(F)cc(CO[Si](C)(C)C(C)(C)C)c4cnccc34)C2)cc1F. The fraction of sp³-hybridized carbons (Fsp3) is 0.464. The van der Waals surface area contributed by atoms with Crippen LogP contribution in [0.15, 0.2) is 36.7 Å². The summed E-state index contributed by atoms with van der Waals surface area (Å²) >= 11 is 0. The van der Waals surface area contributed by atoms with Crippen LogP contribution in [0.3, 0.4) is 0 Å². The lowest BCUT2D eigenvalue weighted by Gasteiger charge is -2.36. The lowest BCUT2D eigenvalue weighted by atomic mass is 9.88. The van der Waals surface area contributed by atoms with Crippen LogP contribution in [0.4, 0.5) is 13.2 Å².